The Labute approximate surface area is 163 Å². The molecule has 0 bridgehead atoms. The zero-order valence-electron chi connectivity index (χ0n) is 16.6. The molecule has 0 spiro atoms. The van der Waals surface area contributed by atoms with Gasteiger partial charge in [-0.1, -0.05) is 31.2 Å². The van der Waals surface area contributed by atoms with Crippen LogP contribution in [0.4, 0.5) is 0 Å². The maximum Gasteiger partial charge on any atom is 0.191 e. The fraction of sp³-hybridized carbons (Fsp3) is 0.650. The van der Waals surface area contributed by atoms with Crippen LogP contribution in [0.25, 0.3) is 0 Å². The molecule has 0 aliphatic carbocycles. The highest BCUT2D eigenvalue weighted by Gasteiger charge is 2.15. The number of benzene rings is 1. The smallest absolute Gasteiger partial charge is 0.191 e. The van der Waals surface area contributed by atoms with Gasteiger partial charge in [0.15, 0.2) is 5.96 Å². The first-order valence-corrected chi connectivity index (χ1v) is 11.2. The predicted molar refractivity (Wildman–Crippen MR) is 115 cm³/mol. The van der Waals surface area contributed by atoms with Crippen LogP contribution in [0.1, 0.15) is 25.0 Å². The van der Waals surface area contributed by atoms with Gasteiger partial charge < -0.3 is 15.5 Å². The van der Waals surface area contributed by atoms with Crippen molar-refractivity contribution in [2.75, 3.05) is 57.8 Å². The van der Waals surface area contributed by atoms with Gasteiger partial charge in [-0.2, -0.15) is 11.8 Å². The zero-order chi connectivity index (χ0) is 18.6. The summed E-state index contributed by atoms with van der Waals surface area (Å²) in [5.74, 6) is 1.99. The third-order valence-electron chi connectivity index (χ3n) is 4.70. The summed E-state index contributed by atoms with van der Waals surface area (Å²) in [6.45, 7) is 13.8. The summed E-state index contributed by atoms with van der Waals surface area (Å²) >= 11 is 1.84. The molecule has 0 atom stereocenters. The third-order valence-corrected chi connectivity index (χ3v) is 5.32. The van der Waals surface area contributed by atoms with Crippen LogP contribution in [0.15, 0.2) is 29.3 Å². The van der Waals surface area contributed by atoms with Crippen molar-refractivity contribution in [2.45, 2.75) is 26.9 Å². The van der Waals surface area contributed by atoms with E-state index in [4.69, 9.17) is 0 Å². The summed E-state index contributed by atoms with van der Waals surface area (Å²) in [4.78, 5) is 9.76. The molecule has 0 saturated carbocycles. The maximum atomic E-state index is 4.69. The molecule has 0 radical (unpaired) electrons. The number of aliphatic imine (C=N–C) groups is 1. The summed E-state index contributed by atoms with van der Waals surface area (Å²) in [5.41, 5.74) is 2.65. The van der Waals surface area contributed by atoms with Crippen LogP contribution >= 0.6 is 11.8 Å². The quantitative estimate of drug-likeness (QED) is 0.392. The lowest BCUT2D eigenvalue weighted by Crippen LogP contribution is -2.45. The van der Waals surface area contributed by atoms with Gasteiger partial charge in [0.05, 0.1) is 6.54 Å². The van der Waals surface area contributed by atoms with Crippen molar-refractivity contribution in [3.8, 4) is 0 Å². The molecule has 1 aromatic rings. The van der Waals surface area contributed by atoms with E-state index in [1.807, 2.05) is 11.8 Å². The second kappa shape index (κ2) is 12.2. The maximum absolute atomic E-state index is 4.69. The van der Waals surface area contributed by atoms with Crippen LogP contribution < -0.4 is 10.6 Å². The van der Waals surface area contributed by atoms with Gasteiger partial charge in [-0.25, -0.2) is 4.99 Å². The summed E-state index contributed by atoms with van der Waals surface area (Å²) < 4.78 is 0. The predicted octanol–water partition coefficient (Wildman–Crippen LogP) is 2.24. The average Bonchev–Trinajstić information content (AvgIpc) is 2.68. The van der Waals surface area contributed by atoms with Gasteiger partial charge in [0.2, 0.25) is 0 Å². The number of thioether (sulfide) groups is 1. The monoisotopic (exact) mass is 377 g/mol. The van der Waals surface area contributed by atoms with Crippen LogP contribution in [0.5, 0.6) is 0 Å². The Kier molecular flexibility index (Phi) is 9.89. The van der Waals surface area contributed by atoms with E-state index in [-0.39, 0.29) is 0 Å². The second-order valence-corrected chi connectivity index (χ2v) is 7.63. The van der Waals surface area contributed by atoms with Crippen LogP contribution in [0.3, 0.4) is 0 Å². The lowest BCUT2D eigenvalue weighted by molar-refractivity contribution is 0.132. The Morgan fingerprint density at radius 3 is 2.27 bits per heavy atom. The summed E-state index contributed by atoms with van der Waals surface area (Å²) in [6, 6.07) is 8.94. The van der Waals surface area contributed by atoms with Crippen molar-refractivity contribution in [3.63, 3.8) is 0 Å². The minimum absolute atomic E-state index is 0.712. The Bertz CT molecular complexity index is 524. The third kappa shape index (κ3) is 7.56. The Hall–Kier alpha value is -1.24. The normalized spacial score (nSPS) is 16.7. The van der Waals surface area contributed by atoms with Gasteiger partial charge in [0, 0.05) is 51.6 Å². The lowest BCUT2D eigenvalue weighted by Gasteiger charge is -2.34. The fourth-order valence-electron chi connectivity index (χ4n) is 3.06. The number of hydrogen-bond acceptors (Lipinski definition) is 4. The van der Waals surface area contributed by atoms with Gasteiger partial charge in [-0.15, -0.1) is 0 Å². The zero-order valence-corrected chi connectivity index (χ0v) is 17.4. The number of nitrogens with one attached hydrogen (secondary N) is 2. The SMILES string of the molecule is CCNC(=NCc1ccc(CN2CCN(CC)CC2)cc1)NCCSC. The molecule has 1 aliphatic heterocycles. The van der Waals surface area contributed by atoms with E-state index in [2.05, 4.69) is 69.8 Å². The number of likely N-dealkylation sites (N-methyl/N-ethyl adjacent to an activating group) is 1. The minimum atomic E-state index is 0.712. The van der Waals surface area contributed by atoms with Crippen LogP contribution in [-0.4, -0.2) is 73.6 Å². The lowest BCUT2D eigenvalue weighted by atomic mass is 10.1. The molecule has 0 unspecified atom stereocenters. The number of hydrogen-bond donors (Lipinski definition) is 2. The fourth-order valence-corrected chi connectivity index (χ4v) is 3.36. The van der Waals surface area contributed by atoms with E-state index in [0.29, 0.717) is 6.54 Å². The molecule has 2 rings (SSSR count). The first-order valence-electron chi connectivity index (χ1n) is 9.78. The highest BCUT2D eigenvalue weighted by molar-refractivity contribution is 7.98. The summed E-state index contributed by atoms with van der Waals surface area (Å²) in [6.07, 6.45) is 2.12. The number of rotatable bonds is 9. The summed E-state index contributed by atoms with van der Waals surface area (Å²) in [5, 5.41) is 6.68. The van der Waals surface area contributed by atoms with E-state index in [1.165, 1.54) is 43.9 Å². The number of piperazine rings is 1. The molecule has 0 aromatic heterocycles. The van der Waals surface area contributed by atoms with Gasteiger partial charge in [-0.3, -0.25) is 4.90 Å². The van der Waals surface area contributed by atoms with Crippen molar-refractivity contribution < 1.29 is 0 Å². The van der Waals surface area contributed by atoms with Gasteiger partial charge in [-0.05, 0) is 30.9 Å². The van der Waals surface area contributed by atoms with Crippen molar-refractivity contribution in [1.29, 1.82) is 0 Å². The van der Waals surface area contributed by atoms with E-state index in [0.717, 1.165) is 31.3 Å². The van der Waals surface area contributed by atoms with Crippen molar-refractivity contribution in [3.05, 3.63) is 35.4 Å². The summed E-state index contributed by atoms with van der Waals surface area (Å²) in [7, 11) is 0. The number of guanidine groups is 1. The molecule has 1 fully saturated rings. The molecular formula is C20H35N5S. The molecule has 26 heavy (non-hydrogen) atoms. The van der Waals surface area contributed by atoms with Gasteiger partial charge in [0.25, 0.3) is 0 Å². The first kappa shape index (κ1) is 21.1. The molecule has 2 N–H and O–H groups in total. The molecule has 0 amide bonds. The van der Waals surface area contributed by atoms with E-state index < -0.39 is 0 Å². The molecule has 1 aromatic carbocycles. The van der Waals surface area contributed by atoms with E-state index in [9.17, 15) is 0 Å². The second-order valence-electron chi connectivity index (χ2n) is 6.64. The van der Waals surface area contributed by atoms with Crippen molar-refractivity contribution in [2.24, 2.45) is 4.99 Å². The molecule has 5 nitrogen and oxygen atoms in total. The average molecular weight is 378 g/mol. The largest absolute Gasteiger partial charge is 0.357 e. The van der Waals surface area contributed by atoms with Gasteiger partial charge in [0.1, 0.15) is 0 Å². The Morgan fingerprint density at radius 2 is 1.65 bits per heavy atom. The minimum Gasteiger partial charge on any atom is -0.357 e. The topological polar surface area (TPSA) is 42.9 Å². The molecule has 1 saturated heterocycles. The van der Waals surface area contributed by atoms with E-state index in [1.54, 1.807) is 0 Å². The first-order chi connectivity index (χ1) is 12.7. The standard InChI is InChI=1S/C20H35N5S/c1-4-21-20(22-10-15-26-3)23-16-18-6-8-19(9-7-18)17-25-13-11-24(5-2)12-14-25/h6-9H,4-5,10-17H2,1-3H3,(H2,21,22,23). The van der Waals surface area contributed by atoms with Crippen LogP contribution in [0, 0.1) is 0 Å². The van der Waals surface area contributed by atoms with E-state index >= 15 is 0 Å². The molecule has 1 aliphatic rings. The van der Waals surface area contributed by atoms with Crippen LogP contribution in [0.2, 0.25) is 0 Å². The molecule has 1 heterocycles. The molecule has 146 valence electrons. The number of nitrogens with zero attached hydrogens (tertiary/aromatic N) is 3. The van der Waals surface area contributed by atoms with Crippen molar-refractivity contribution >= 4 is 17.7 Å². The van der Waals surface area contributed by atoms with Gasteiger partial charge >= 0.3 is 0 Å². The highest BCUT2D eigenvalue weighted by Crippen LogP contribution is 2.11. The van der Waals surface area contributed by atoms with Crippen LogP contribution in [-0.2, 0) is 13.1 Å². The Balaban J connectivity index is 1.81. The Morgan fingerprint density at radius 1 is 1.00 bits per heavy atom. The molecular weight excluding hydrogens is 342 g/mol. The molecule has 6 heteroatoms. The van der Waals surface area contributed by atoms with Crippen molar-refractivity contribution in [1.82, 2.24) is 20.4 Å². The highest BCUT2D eigenvalue weighted by atomic mass is 32.2.